The fourth-order valence-corrected chi connectivity index (χ4v) is 6.66. The Labute approximate surface area is 279 Å². The second-order valence-electron chi connectivity index (χ2n) is 12.5. The molecule has 7 rings (SSSR count). The van der Waals surface area contributed by atoms with Crippen LogP contribution in [0.4, 0.5) is 28.4 Å². The van der Waals surface area contributed by atoms with Crippen LogP contribution < -0.4 is 9.80 Å². The van der Waals surface area contributed by atoms with Crippen molar-refractivity contribution in [3.05, 3.63) is 187 Å². The van der Waals surface area contributed by atoms with E-state index in [1.165, 1.54) is 44.8 Å². The highest BCUT2D eigenvalue weighted by molar-refractivity contribution is 5.89. The zero-order chi connectivity index (χ0) is 32.2. The Balaban J connectivity index is 1.33. The molecule has 0 N–H and O–H groups in total. The van der Waals surface area contributed by atoms with Crippen LogP contribution in [0.2, 0.25) is 0 Å². The molecule has 2 heteroatoms. The van der Waals surface area contributed by atoms with Gasteiger partial charge < -0.3 is 9.80 Å². The van der Waals surface area contributed by atoms with Gasteiger partial charge in [0.15, 0.2) is 0 Å². The molecule has 0 bridgehead atoms. The van der Waals surface area contributed by atoms with Gasteiger partial charge in [-0.25, -0.2) is 0 Å². The van der Waals surface area contributed by atoms with E-state index in [-0.39, 0.29) is 6.04 Å². The maximum atomic E-state index is 2.47. The van der Waals surface area contributed by atoms with Crippen molar-refractivity contribution in [3.8, 4) is 22.3 Å². The van der Waals surface area contributed by atoms with Gasteiger partial charge in [-0.15, -0.1) is 0 Å². The van der Waals surface area contributed by atoms with E-state index >= 15 is 0 Å². The summed E-state index contributed by atoms with van der Waals surface area (Å²) in [7, 11) is 0. The molecule has 0 amide bonds. The SMILES string of the molecule is CC1=CC(N(c2ccccc2)c2ccc(-c3ccc(N(c4ccccc4)c4cccc(C)c4)cc3-c3ccccc3)cc2)C(C)C=C1. The smallest absolute Gasteiger partial charge is 0.0587 e. The number of hydrogen-bond acceptors (Lipinski definition) is 2. The van der Waals surface area contributed by atoms with Crippen LogP contribution in [-0.2, 0) is 0 Å². The van der Waals surface area contributed by atoms with Crippen LogP contribution in [0, 0.1) is 12.8 Å². The molecule has 0 saturated heterocycles. The van der Waals surface area contributed by atoms with Crippen molar-refractivity contribution >= 4 is 28.4 Å². The van der Waals surface area contributed by atoms with E-state index in [2.05, 4.69) is 207 Å². The van der Waals surface area contributed by atoms with Crippen LogP contribution in [0.25, 0.3) is 22.3 Å². The number of benzene rings is 6. The van der Waals surface area contributed by atoms with E-state index in [9.17, 15) is 0 Å². The summed E-state index contributed by atoms with van der Waals surface area (Å²) in [6.07, 6.45) is 6.96. The van der Waals surface area contributed by atoms with Gasteiger partial charge >= 0.3 is 0 Å². The summed E-state index contributed by atoms with van der Waals surface area (Å²) in [4.78, 5) is 4.82. The van der Waals surface area contributed by atoms with Crippen LogP contribution in [0.1, 0.15) is 19.4 Å². The van der Waals surface area contributed by atoms with Crippen LogP contribution in [0.5, 0.6) is 0 Å². The Morgan fingerprint density at radius 2 is 1.02 bits per heavy atom. The van der Waals surface area contributed by atoms with Crippen molar-refractivity contribution in [1.82, 2.24) is 0 Å². The quantitative estimate of drug-likeness (QED) is 0.170. The normalized spacial score (nSPS) is 15.6. The first-order chi connectivity index (χ1) is 23.0. The summed E-state index contributed by atoms with van der Waals surface area (Å²) in [5.74, 6) is 0.386. The van der Waals surface area contributed by atoms with Crippen LogP contribution in [0.3, 0.4) is 0 Å². The van der Waals surface area contributed by atoms with Crippen LogP contribution in [-0.4, -0.2) is 6.04 Å². The average Bonchev–Trinajstić information content (AvgIpc) is 3.12. The molecular formula is C45H40N2. The van der Waals surface area contributed by atoms with Gasteiger partial charge in [-0.3, -0.25) is 0 Å². The highest BCUT2D eigenvalue weighted by Gasteiger charge is 2.25. The lowest BCUT2D eigenvalue weighted by Gasteiger charge is -2.36. The predicted molar refractivity (Wildman–Crippen MR) is 201 cm³/mol. The van der Waals surface area contributed by atoms with Crippen molar-refractivity contribution in [3.63, 3.8) is 0 Å². The molecule has 2 atom stereocenters. The number of anilines is 5. The van der Waals surface area contributed by atoms with E-state index in [1.54, 1.807) is 0 Å². The summed E-state index contributed by atoms with van der Waals surface area (Å²) in [5, 5.41) is 0. The Morgan fingerprint density at radius 3 is 1.70 bits per heavy atom. The fourth-order valence-electron chi connectivity index (χ4n) is 6.66. The minimum Gasteiger partial charge on any atom is -0.334 e. The molecule has 1 aliphatic carbocycles. The van der Waals surface area contributed by atoms with Crippen LogP contribution in [0.15, 0.2) is 182 Å². The number of hydrogen-bond donors (Lipinski definition) is 0. The van der Waals surface area contributed by atoms with E-state index in [0.29, 0.717) is 5.92 Å². The maximum Gasteiger partial charge on any atom is 0.0587 e. The first kappa shape index (κ1) is 30.1. The van der Waals surface area contributed by atoms with Gasteiger partial charge in [0.1, 0.15) is 0 Å². The van der Waals surface area contributed by atoms with E-state index < -0.39 is 0 Å². The third-order valence-corrected chi connectivity index (χ3v) is 9.04. The number of para-hydroxylation sites is 2. The Bertz CT molecular complexity index is 2010. The van der Waals surface area contributed by atoms with Gasteiger partial charge in [0.05, 0.1) is 6.04 Å². The van der Waals surface area contributed by atoms with Gasteiger partial charge in [-0.1, -0.05) is 128 Å². The van der Waals surface area contributed by atoms with Crippen molar-refractivity contribution in [1.29, 1.82) is 0 Å². The summed E-state index contributed by atoms with van der Waals surface area (Å²) in [6.45, 7) is 6.64. The summed E-state index contributed by atoms with van der Waals surface area (Å²) < 4.78 is 0. The van der Waals surface area contributed by atoms with Gasteiger partial charge in [0.25, 0.3) is 0 Å². The lowest BCUT2D eigenvalue weighted by Crippen LogP contribution is -2.35. The molecule has 6 aromatic carbocycles. The first-order valence-corrected chi connectivity index (χ1v) is 16.5. The Kier molecular flexibility index (Phi) is 8.58. The maximum absolute atomic E-state index is 2.47. The largest absolute Gasteiger partial charge is 0.334 e. The van der Waals surface area contributed by atoms with E-state index in [1.807, 2.05) is 0 Å². The molecule has 6 aromatic rings. The summed E-state index contributed by atoms with van der Waals surface area (Å²) in [6, 6.07) is 57.1. The lowest BCUT2D eigenvalue weighted by atomic mass is 9.91. The predicted octanol–water partition coefficient (Wildman–Crippen LogP) is 12.5. The number of aryl methyl sites for hydroxylation is 1. The molecule has 0 spiro atoms. The van der Waals surface area contributed by atoms with Gasteiger partial charge in [0, 0.05) is 28.4 Å². The standard InChI is InChI=1S/C45H40N2/c1-33-14-13-21-41(30-33)46(38-17-9-5-10-18-38)42-28-29-43(44(32-42)36-15-7-4-8-16-36)37-24-26-40(27-25-37)47(39-19-11-6-12-20-39)45-31-34(2)22-23-35(45)3/h4-32,35,45H,1-3H3. The highest BCUT2D eigenvalue weighted by atomic mass is 15.2. The average molecular weight is 609 g/mol. The van der Waals surface area contributed by atoms with Crippen LogP contribution >= 0.6 is 0 Å². The Hall–Kier alpha value is -5.60. The van der Waals surface area contributed by atoms with Crippen molar-refractivity contribution in [2.75, 3.05) is 9.80 Å². The molecule has 0 radical (unpaired) electrons. The number of nitrogens with zero attached hydrogens (tertiary/aromatic N) is 2. The summed E-state index contributed by atoms with van der Waals surface area (Å²) in [5.41, 5.74) is 13.1. The van der Waals surface area contributed by atoms with Gasteiger partial charge in [-0.05, 0) is 108 Å². The molecule has 2 nitrogen and oxygen atoms in total. The summed E-state index contributed by atoms with van der Waals surface area (Å²) >= 11 is 0. The molecule has 0 aromatic heterocycles. The third-order valence-electron chi connectivity index (χ3n) is 9.04. The Morgan fingerprint density at radius 1 is 0.468 bits per heavy atom. The topological polar surface area (TPSA) is 6.48 Å². The molecule has 0 aliphatic heterocycles. The minimum absolute atomic E-state index is 0.234. The van der Waals surface area contributed by atoms with Crippen molar-refractivity contribution in [2.45, 2.75) is 26.8 Å². The first-order valence-electron chi connectivity index (χ1n) is 16.5. The molecule has 2 unspecified atom stereocenters. The van der Waals surface area contributed by atoms with Gasteiger partial charge in [-0.2, -0.15) is 0 Å². The van der Waals surface area contributed by atoms with Gasteiger partial charge in [0.2, 0.25) is 0 Å². The van der Waals surface area contributed by atoms with Crippen molar-refractivity contribution in [2.24, 2.45) is 5.92 Å². The second-order valence-corrected chi connectivity index (χ2v) is 12.5. The van der Waals surface area contributed by atoms with E-state index in [0.717, 1.165) is 17.1 Å². The van der Waals surface area contributed by atoms with E-state index in [4.69, 9.17) is 0 Å². The molecule has 230 valence electrons. The second kappa shape index (κ2) is 13.4. The molecule has 47 heavy (non-hydrogen) atoms. The number of rotatable bonds is 8. The fraction of sp³-hybridized carbons (Fsp3) is 0.111. The molecule has 0 saturated carbocycles. The molecule has 0 fully saturated rings. The third kappa shape index (κ3) is 6.41. The number of allylic oxidation sites excluding steroid dienone is 2. The minimum atomic E-state index is 0.234. The highest BCUT2D eigenvalue weighted by Crippen LogP contribution is 2.42. The lowest BCUT2D eigenvalue weighted by molar-refractivity contribution is 0.605. The molecule has 0 heterocycles. The monoisotopic (exact) mass is 608 g/mol. The zero-order valence-corrected chi connectivity index (χ0v) is 27.3. The zero-order valence-electron chi connectivity index (χ0n) is 27.3. The van der Waals surface area contributed by atoms with Crippen molar-refractivity contribution < 1.29 is 0 Å². The molecule has 1 aliphatic rings. The molecular weight excluding hydrogens is 569 g/mol.